The molecule has 24 heavy (non-hydrogen) atoms. The van der Waals surface area contributed by atoms with Crippen molar-refractivity contribution in [2.24, 2.45) is 0 Å². The molecule has 7 heteroatoms. The van der Waals surface area contributed by atoms with Gasteiger partial charge in [-0.05, 0) is 19.1 Å². The first kappa shape index (κ1) is 17.0. The van der Waals surface area contributed by atoms with Crippen LogP contribution in [0, 0.1) is 6.92 Å². The van der Waals surface area contributed by atoms with E-state index in [2.05, 4.69) is 20.6 Å². The summed E-state index contributed by atoms with van der Waals surface area (Å²) in [6.45, 7) is 7.45. The lowest BCUT2D eigenvalue weighted by atomic mass is 10.2. The molecular weight excluding hydrogens is 326 g/mol. The van der Waals surface area contributed by atoms with Gasteiger partial charge >= 0.3 is 0 Å². The average molecular weight is 348 g/mol. The van der Waals surface area contributed by atoms with Crippen LogP contribution in [0.1, 0.15) is 16.1 Å². The second kappa shape index (κ2) is 7.79. The average Bonchev–Trinajstić information content (AvgIpc) is 2.98. The molecule has 0 aliphatic carbocycles. The quantitative estimate of drug-likeness (QED) is 0.859. The molecule has 0 spiro atoms. The van der Waals surface area contributed by atoms with Crippen LogP contribution >= 0.6 is 11.6 Å². The standard InChI is InChI=1S/C17H22ClN5O/c1-13-14(12-21-23(13)16-5-3-2-4-15(16)18)17(24)20-8-11-22-9-6-19-7-10-22/h2-5,12,19H,6-11H2,1H3,(H,20,24). The first-order valence-electron chi connectivity index (χ1n) is 8.17. The number of halogens is 1. The van der Waals surface area contributed by atoms with Crippen molar-refractivity contribution in [1.29, 1.82) is 0 Å². The van der Waals surface area contributed by atoms with Crippen LogP contribution in [0.15, 0.2) is 30.5 Å². The van der Waals surface area contributed by atoms with Crippen molar-refractivity contribution in [3.05, 3.63) is 46.7 Å². The predicted molar refractivity (Wildman–Crippen MR) is 95.0 cm³/mol. The summed E-state index contributed by atoms with van der Waals surface area (Å²) in [6.07, 6.45) is 1.60. The van der Waals surface area contributed by atoms with Gasteiger partial charge in [-0.1, -0.05) is 23.7 Å². The highest BCUT2D eigenvalue weighted by atomic mass is 35.5. The van der Waals surface area contributed by atoms with E-state index in [4.69, 9.17) is 11.6 Å². The Kier molecular flexibility index (Phi) is 5.50. The van der Waals surface area contributed by atoms with Crippen LogP contribution in [0.3, 0.4) is 0 Å². The van der Waals surface area contributed by atoms with E-state index in [1.807, 2.05) is 31.2 Å². The Morgan fingerprint density at radius 3 is 2.83 bits per heavy atom. The largest absolute Gasteiger partial charge is 0.351 e. The Balaban J connectivity index is 1.62. The van der Waals surface area contributed by atoms with E-state index in [1.165, 1.54) is 0 Å². The molecule has 1 aromatic carbocycles. The minimum Gasteiger partial charge on any atom is -0.351 e. The molecule has 1 aliphatic heterocycles. The molecule has 6 nitrogen and oxygen atoms in total. The van der Waals surface area contributed by atoms with Crippen molar-refractivity contribution in [3.8, 4) is 5.69 Å². The maximum atomic E-state index is 12.4. The number of amides is 1. The first-order chi connectivity index (χ1) is 11.7. The Morgan fingerprint density at radius 1 is 1.33 bits per heavy atom. The summed E-state index contributed by atoms with van der Waals surface area (Å²) < 4.78 is 1.70. The van der Waals surface area contributed by atoms with E-state index in [0.717, 1.165) is 44.1 Å². The van der Waals surface area contributed by atoms with Crippen molar-refractivity contribution in [1.82, 2.24) is 25.3 Å². The molecule has 3 rings (SSSR count). The number of benzene rings is 1. The minimum atomic E-state index is -0.0964. The lowest BCUT2D eigenvalue weighted by molar-refractivity contribution is 0.0946. The van der Waals surface area contributed by atoms with Crippen LogP contribution in [-0.2, 0) is 0 Å². The van der Waals surface area contributed by atoms with Crippen LogP contribution in [0.25, 0.3) is 5.69 Å². The van der Waals surface area contributed by atoms with Gasteiger partial charge in [0.15, 0.2) is 0 Å². The zero-order valence-corrected chi connectivity index (χ0v) is 14.5. The van der Waals surface area contributed by atoms with Gasteiger partial charge in [0.25, 0.3) is 5.91 Å². The Bertz CT molecular complexity index is 709. The summed E-state index contributed by atoms with van der Waals surface area (Å²) in [7, 11) is 0. The molecule has 2 aromatic rings. The van der Waals surface area contributed by atoms with E-state index in [1.54, 1.807) is 10.9 Å². The summed E-state index contributed by atoms with van der Waals surface area (Å²) >= 11 is 6.22. The fourth-order valence-corrected chi connectivity index (χ4v) is 3.07. The Labute approximate surface area is 146 Å². The second-order valence-corrected chi connectivity index (χ2v) is 6.26. The third kappa shape index (κ3) is 3.77. The van der Waals surface area contributed by atoms with Crippen LogP contribution in [-0.4, -0.2) is 59.9 Å². The SMILES string of the molecule is Cc1c(C(=O)NCCN2CCNCC2)cnn1-c1ccccc1Cl. The maximum Gasteiger partial charge on any atom is 0.254 e. The molecule has 2 heterocycles. The number of carbonyl (C=O) groups excluding carboxylic acids is 1. The number of nitrogens with zero attached hydrogens (tertiary/aromatic N) is 3. The highest BCUT2D eigenvalue weighted by Gasteiger charge is 2.16. The van der Waals surface area contributed by atoms with Crippen molar-refractivity contribution in [3.63, 3.8) is 0 Å². The summed E-state index contributed by atoms with van der Waals surface area (Å²) in [5, 5.41) is 11.2. The number of aromatic nitrogens is 2. The number of rotatable bonds is 5. The summed E-state index contributed by atoms with van der Waals surface area (Å²) in [5.41, 5.74) is 2.13. The van der Waals surface area contributed by atoms with Gasteiger partial charge in [0.2, 0.25) is 0 Å². The van der Waals surface area contributed by atoms with E-state index in [-0.39, 0.29) is 5.91 Å². The van der Waals surface area contributed by atoms with Crippen molar-refractivity contribution in [2.75, 3.05) is 39.3 Å². The summed E-state index contributed by atoms with van der Waals surface area (Å²) in [5.74, 6) is -0.0964. The smallest absolute Gasteiger partial charge is 0.254 e. The number of carbonyl (C=O) groups is 1. The minimum absolute atomic E-state index is 0.0964. The molecule has 128 valence electrons. The van der Waals surface area contributed by atoms with Crippen LogP contribution < -0.4 is 10.6 Å². The van der Waals surface area contributed by atoms with Gasteiger partial charge in [-0.3, -0.25) is 9.69 Å². The molecule has 0 saturated carbocycles. The Hall–Kier alpha value is -1.89. The molecule has 1 amide bonds. The first-order valence-corrected chi connectivity index (χ1v) is 8.55. The van der Waals surface area contributed by atoms with Gasteiger partial charge in [-0.15, -0.1) is 0 Å². The molecule has 0 atom stereocenters. The van der Waals surface area contributed by atoms with E-state index >= 15 is 0 Å². The number of hydrogen-bond donors (Lipinski definition) is 2. The van der Waals surface area contributed by atoms with Crippen LogP contribution in [0.4, 0.5) is 0 Å². The van der Waals surface area contributed by atoms with Gasteiger partial charge in [0.1, 0.15) is 0 Å². The normalized spacial score (nSPS) is 15.4. The topological polar surface area (TPSA) is 62.2 Å². The highest BCUT2D eigenvalue weighted by molar-refractivity contribution is 6.32. The third-order valence-corrected chi connectivity index (χ3v) is 4.58. The highest BCUT2D eigenvalue weighted by Crippen LogP contribution is 2.21. The van der Waals surface area contributed by atoms with Crippen molar-refractivity contribution >= 4 is 17.5 Å². The number of nitrogens with one attached hydrogen (secondary N) is 2. The zero-order chi connectivity index (χ0) is 16.9. The van der Waals surface area contributed by atoms with Gasteiger partial charge in [0.05, 0.1) is 28.2 Å². The molecular formula is C17H22ClN5O. The van der Waals surface area contributed by atoms with Crippen molar-refractivity contribution in [2.45, 2.75) is 6.92 Å². The number of piperazine rings is 1. The van der Waals surface area contributed by atoms with Crippen molar-refractivity contribution < 1.29 is 4.79 Å². The summed E-state index contributed by atoms with van der Waals surface area (Å²) in [4.78, 5) is 14.8. The van der Waals surface area contributed by atoms with Gasteiger partial charge in [0, 0.05) is 39.3 Å². The monoisotopic (exact) mass is 347 g/mol. The molecule has 0 bridgehead atoms. The molecule has 0 unspecified atom stereocenters. The summed E-state index contributed by atoms with van der Waals surface area (Å²) in [6, 6.07) is 7.46. The lowest BCUT2D eigenvalue weighted by Crippen LogP contribution is -2.46. The van der Waals surface area contributed by atoms with Crippen LogP contribution in [0.5, 0.6) is 0 Å². The van der Waals surface area contributed by atoms with Gasteiger partial charge in [-0.25, -0.2) is 4.68 Å². The third-order valence-electron chi connectivity index (χ3n) is 4.26. The second-order valence-electron chi connectivity index (χ2n) is 5.85. The fourth-order valence-electron chi connectivity index (χ4n) is 2.86. The lowest BCUT2D eigenvalue weighted by Gasteiger charge is -2.27. The van der Waals surface area contributed by atoms with Gasteiger partial charge in [-0.2, -0.15) is 5.10 Å². The molecule has 2 N–H and O–H groups in total. The molecule has 1 fully saturated rings. The van der Waals surface area contributed by atoms with E-state index in [9.17, 15) is 4.79 Å². The molecule has 0 radical (unpaired) electrons. The number of para-hydroxylation sites is 1. The van der Waals surface area contributed by atoms with Gasteiger partial charge < -0.3 is 10.6 Å². The molecule has 1 saturated heterocycles. The number of hydrogen-bond acceptors (Lipinski definition) is 4. The Morgan fingerprint density at radius 2 is 2.08 bits per heavy atom. The maximum absolute atomic E-state index is 12.4. The molecule has 1 aromatic heterocycles. The van der Waals surface area contributed by atoms with E-state index in [0.29, 0.717) is 17.1 Å². The zero-order valence-electron chi connectivity index (χ0n) is 13.8. The predicted octanol–water partition coefficient (Wildman–Crippen LogP) is 1.47. The van der Waals surface area contributed by atoms with E-state index < -0.39 is 0 Å². The fraction of sp³-hybridized carbons (Fsp3) is 0.412. The van der Waals surface area contributed by atoms with Crippen LogP contribution in [0.2, 0.25) is 5.02 Å². The molecule has 1 aliphatic rings.